The molecule has 4 nitrogen and oxygen atoms in total. The maximum Gasteiger partial charge on any atom is 0.252 e. The fourth-order valence-corrected chi connectivity index (χ4v) is 2.86. The molecule has 22 heavy (non-hydrogen) atoms. The zero-order valence-corrected chi connectivity index (χ0v) is 13.7. The number of thioether (sulfide) groups is 1. The Kier molecular flexibility index (Phi) is 6.27. The highest BCUT2D eigenvalue weighted by Crippen LogP contribution is 2.22. The van der Waals surface area contributed by atoms with E-state index >= 15 is 0 Å². The van der Waals surface area contributed by atoms with Crippen molar-refractivity contribution in [3.05, 3.63) is 54.2 Å². The molecule has 0 spiro atoms. The Bertz CT molecular complexity index is 587. The van der Waals surface area contributed by atoms with Crippen LogP contribution in [0.5, 0.6) is 0 Å². The van der Waals surface area contributed by atoms with Crippen molar-refractivity contribution in [3.8, 4) is 0 Å². The number of hydrogen-bond acceptors (Lipinski definition) is 4. The molecule has 0 aliphatic rings. The first-order valence-electron chi connectivity index (χ1n) is 7.39. The minimum absolute atomic E-state index is 0.0884. The summed E-state index contributed by atoms with van der Waals surface area (Å²) in [7, 11) is 0. The Morgan fingerprint density at radius 1 is 1.23 bits per heavy atom. The van der Waals surface area contributed by atoms with Gasteiger partial charge in [0.05, 0.1) is 5.56 Å². The Morgan fingerprint density at radius 2 is 2.00 bits per heavy atom. The fourth-order valence-electron chi connectivity index (χ4n) is 1.92. The van der Waals surface area contributed by atoms with Crippen molar-refractivity contribution in [1.82, 2.24) is 10.3 Å². The van der Waals surface area contributed by atoms with Crippen LogP contribution in [0.3, 0.4) is 0 Å². The van der Waals surface area contributed by atoms with Gasteiger partial charge in [0.1, 0.15) is 5.82 Å². The average molecular weight is 315 g/mol. The summed E-state index contributed by atoms with van der Waals surface area (Å²) >= 11 is 1.82. The van der Waals surface area contributed by atoms with Crippen LogP contribution < -0.4 is 10.6 Å². The highest BCUT2D eigenvalue weighted by atomic mass is 32.2. The molecule has 0 fully saturated rings. The predicted molar refractivity (Wildman–Crippen MR) is 92.5 cm³/mol. The zero-order chi connectivity index (χ0) is 15.8. The summed E-state index contributed by atoms with van der Waals surface area (Å²) in [4.78, 5) is 17.2. The van der Waals surface area contributed by atoms with Crippen LogP contribution in [0.4, 0.5) is 5.82 Å². The third-order valence-corrected chi connectivity index (χ3v) is 4.13. The molecule has 116 valence electrons. The number of rotatable bonds is 7. The van der Waals surface area contributed by atoms with Crippen LogP contribution >= 0.6 is 11.8 Å². The van der Waals surface area contributed by atoms with Gasteiger partial charge in [0, 0.05) is 29.4 Å². The van der Waals surface area contributed by atoms with Gasteiger partial charge in [-0.05, 0) is 31.2 Å². The Balaban J connectivity index is 1.82. The monoisotopic (exact) mass is 315 g/mol. The Morgan fingerprint density at radius 3 is 2.64 bits per heavy atom. The van der Waals surface area contributed by atoms with E-state index in [1.807, 2.05) is 43.0 Å². The molecule has 1 atom stereocenters. The minimum atomic E-state index is -0.0884. The molecule has 1 unspecified atom stereocenters. The molecule has 2 N–H and O–H groups in total. The molecular weight excluding hydrogens is 294 g/mol. The summed E-state index contributed by atoms with van der Waals surface area (Å²) in [5.74, 6) is 0.697. The number of carbonyl (C=O) groups excluding carboxylic acids is 1. The number of hydrogen-bond donors (Lipinski definition) is 2. The van der Waals surface area contributed by atoms with Gasteiger partial charge in [-0.3, -0.25) is 4.79 Å². The molecule has 1 aromatic heterocycles. The first-order chi connectivity index (χ1) is 10.7. The topological polar surface area (TPSA) is 54.0 Å². The van der Waals surface area contributed by atoms with Crippen LogP contribution in [0.15, 0.2) is 53.6 Å². The number of nitrogens with one attached hydrogen (secondary N) is 2. The molecule has 2 rings (SSSR count). The van der Waals surface area contributed by atoms with E-state index in [1.54, 1.807) is 12.3 Å². The van der Waals surface area contributed by atoms with E-state index in [2.05, 4.69) is 34.7 Å². The average Bonchev–Trinajstić information content (AvgIpc) is 2.54. The van der Waals surface area contributed by atoms with Gasteiger partial charge in [-0.25, -0.2) is 4.98 Å². The highest BCUT2D eigenvalue weighted by Gasteiger charge is 2.06. The number of pyridine rings is 1. The number of benzene rings is 1. The second-order valence-corrected chi connectivity index (χ2v) is 6.43. The van der Waals surface area contributed by atoms with Crippen LogP contribution in [0, 0.1) is 0 Å². The van der Waals surface area contributed by atoms with Gasteiger partial charge in [0.15, 0.2) is 0 Å². The van der Waals surface area contributed by atoms with Crippen LogP contribution in [-0.4, -0.2) is 29.2 Å². The number of carbonyl (C=O) groups is 1. The molecule has 0 radical (unpaired) electrons. The van der Waals surface area contributed by atoms with Crippen molar-refractivity contribution in [2.75, 3.05) is 18.4 Å². The maximum atomic E-state index is 11.7. The number of nitrogens with zero attached hydrogens (tertiary/aromatic N) is 1. The molecule has 0 bridgehead atoms. The van der Waals surface area contributed by atoms with Crippen molar-refractivity contribution in [1.29, 1.82) is 0 Å². The second kappa shape index (κ2) is 8.44. The largest absolute Gasteiger partial charge is 0.369 e. The number of anilines is 1. The lowest BCUT2D eigenvalue weighted by Crippen LogP contribution is -2.22. The second-order valence-electron chi connectivity index (χ2n) is 4.91. The third-order valence-electron chi connectivity index (χ3n) is 3.01. The standard InChI is InChI=1S/C17H21N3OS/c1-3-18-17(21)14-9-10-16(20-12-14)19-11-13(2)22-15-7-5-4-6-8-15/h4-10,12-13H,3,11H2,1-2H3,(H,18,21)(H,19,20). The minimum Gasteiger partial charge on any atom is -0.369 e. The molecular formula is C17H21N3OS. The molecule has 0 saturated heterocycles. The maximum absolute atomic E-state index is 11.7. The van der Waals surface area contributed by atoms with Gasteiger partial charge in [-0.15, -0.1) is 11.8 Å². The van der Waals surface area contributed by atoms with Gasteiger partial charge in [-0.1, -0.05) is 25.1 Å². The molecule has 5 heteroatoms. The molecule has 1 heterocycles. The van der Waals surface area contributed by atoms with E-state index < -0.39 is 0 Å². The summed E-state index contributed by atoms with van der Waals surface area (Å²) in [5.41, 5.74) is 0.583. The van der Waals surface area contributed by atoms with Gasteiger partial charge in [-0.2, -0.15) is 0 Å². The lowest BCUT2D eigenvalue weighted by molar-refractivity contribution is 0.0955. The Labute approximate surface area is 135 Å². The quantitative estimate of drug-likeness (QED) is 0.769. The van der Waals surface area contributed by atoms with Gasteiger partial charge in [0.25, 0.3) is 5.91 Å². The van der Waals surface area contributed by atoms with E-state index in [9.17, 15) is 4.79 Å². The van der Waals surface area contributed by atoms with Gasteiger partial charge in [0.2, 0.25) is 0 Å². The van der Waals surface area contributed by atoms with Crippen LogP contribution in [-0.2, 0) is 0 Å². The molecule has 0 aliphatic carbocycles. The predicted octanol–water partition coefficient (Wildman–Crippen LogP) is 3.42. The lowest BCUT2D eigenvalue weighted by Gasteiger charge is -2.13. The van der Waals surface area contributed by atoms with Crippen LogP contribution in [0.1, 0.15) is 24.2 Å². The first kappa shape index (κ1) is 16.4. The zero-order valence-electron chi connectivity index (χ0n) is 12.9. The summed E-state index contributed by atoms with van der Waals surface area (Å²) in [6, 6.07) is 14.0. The summed E-state index contributed by atoms with van der Waals surface area (Å²) in [6.45, 7) is 5.50. The molecule has 1 amide bonds. The van der Waals surface area contributed by atoms with Crippen LogP contribution in [0.25, 0.3) is 0 Å². The molecule has 1 aromatic carbocycles. The van der Waals surface area contributed by atoms with E-state index in [0.717, 1.165) is 12.4 Å². The first-order valence-corrected chi connectivity index (χ1v) is 8.27. The highest BCUT2D eigenvalue weighted by molar-refractivity contribution is 8.00. The van der Waals surface area contributed by atoms with E-state index in [0.29, 0.717) is 17.4 Å². The van der Waals surface area contributed by atoms with Crippen LogP contribution in [0.2, 0.25) is 0 Å². The van der Waals surface area contributed by atoms with Gasteiger partial charge < -0.3 is 10.6 Å². The van der Waals surface area contributed by atoms with E-state index in [4.69, 9.17) is 0 Å². The van der Waals surface area contributed by atoms with Crippen molar-refractivity contribution >= 4 is 23.5 Å². The number of aromatic nitrogens is 1. The van der Waals surface area contributed by atoms with Crippen molar-refractivity contribution in [3.63, 3.8) is 0 Å². The SMILES string of the molecule is CCNC(=O)c1ccc(NCC(C)Sc2ccccc2)nc1. The lowest BCUT2D eigenvalue weighted by atomic mass is 10.2. The van der Waals surface area contributed by atoms with Gasteiger partial charge >= 0.3 is 0 Å². The third kappa shape index (κ3) is 5.07. The smallest absolute Gasteiger partial charge is 0.252 e. The summed E-state index contributed by atoms with van der Waals surface area (Å²) in [6.07, 6.45) is 1.60. The van der Waals surface area contributed by atoms with Crippen molar-refractivity contribution in [2.24, 2.45) is 0 Å². The molecule has 0 aliphatic heterocycles. The summed E-state index contributed by atoms with van der Waals surface area (Å²) < 4.78 is 0. The van der Waals surface area contributed by atoms with Crippen molar-refractivity contribution in [2.45, 2.75) is 24.0 Å². The van der Waals surface area contributed by atoms with Crippen molar-refractivity contribution < 1.29 is 4.79 Å². The summed E-state index contributed by atoms with van der Waals surface area (Å²) in [5, 5.41) is 6.48. The van der Waals surface area contributed by atoms with E-state index in [-0.39, 0.29) is 5.91 Å². The number of amides is 1. The Hall–Kier alpha value is -2.01. The molecule has 0 saturated carbocycles. The fraction of sp³-hybridized carbons (Fsp3) is 0.294. The normalized spacial score (nSPS) is 11.7. The molecule has 2 aromatic rings. The van der Waals surface area contributed by atoms with E-state index in [1.165, 1.54) is 4.90 Å².